The van der Waals surface area contributed by atoms with Crippen LogP contribution in [-0.4, -0.2) is 35.4 Å². The van der Waals surface area contributed by atoms with Gasteiger partial charge >= 0.3 is 0 Å². The molecule has 0 saturated carbocycles. The molecule has 1 saturated heterocycles. The van der Waals surface area contributed by atoms with Gasteiger partial charge in [-0.1, -0.05) is 30.4 Å². The second-order valence-electron chi connectivity index (χ2n) is 7.18. The van der Waals surface area contributed by atoms with E-state index in [2.05, 4.69) is 15.5 Å². The van der Waals surface area contributed by atoms with Crippen LogP contribution in [0.2, 0.25) is 0 Å². The third-order valence-electron chi connectivity index (χ3n) is 5.16. The Kier molecular flexibility index (Phi) is 6.12. The number of aromatic nitrogens is 2. The van der Waals surface area contributed by atoms with Crippen LogP contribution in [0.4, 0.5) is 10.1 Å². The number of carbonyl (C=O) groups is 1. The average molecular weight is 461 g/mol. The molecule has 0 bridgehead atoms. The number of carbonyl (C=O) groups excluding carboxylic acids is 1. The van der Waals surface area contributed by atoms with Crippen LogP contribution in [-0.2, 0) is 16.4 Å². The average Bonchev–Trinajstić information content (AvgIpc) is 3.45. The normalized spacial score (nSPS) is 17.0. The number of aryl methyl sites for hydroxylation is 1. The zero-order chi connectivity index (χ0) is 22.0. The Hall–Kier alpha value is -2.69. The summed E-state index contributed by atoms with van der Waals surface area (Å²) in [5.41, 5.74) is 1.50. The van der Waals surface area contributed by atoms with Crippen LogP contribution in [0.25, 0.3) is 0 Å². The van der Waals surface area contributed by atoms with E-state index in [-0.39, 0.29) is 9.90 Å². The van der Waals surface area contributed by atoms with Gasteiger partial charge in [0.25, 0.3) is 5.91 Å². The maximum Gasteiger partial charge on any atom is 0.286 e. The first-order valence-corrected chi connectivity index (χ1v) is 12.1. The molecule has 0 spiro atoms. The number of hydrogen-bond acceptors (Lipinski definition) is 6. The number of amides is 1. The van der Waals surface area contributed by atoms with Crippen molar-refractivity contribution in [3.8, 4) is 0 Å². The minimum absolute atomic E-state index is 0.121. The summed E-state index contributed by atoms with van der Waals surface area (Å²) < 4.78 is 40.9. The summed E-state index contributed by atoms with van der Waals surface area (Å²) in [5, 5.41) is 11.3. The predicted molar refractivity (Wildman–Crippen MR) is 116 cm³/mol. The maximum absolute atomic E-state index is 13.2. The lowest BCUT2D eigenvalue weighted by Crippen LogP contribution is -2.30. The van der Waals surface area contributed by atoms with Crippen molar-refractivity contribution in [1.82, 2.24) is 14.5 Å². The summed E-state index contributed by atoms with van der Waals surface area (Å²) >= 11 is 1.07. The van der Waals surface area contributed by atoms with E-state index < -0.39 is 27.8 Å². The molecule has 0 radical (unpaired) electrons. The van der Waals surface area contributed by atoms with Crippen molar-refractivity contribution in [2.45, 2.75) is 37.1 Å². The number of benzene rings is 2. The van der Waals surface area contributed by atoms with Gasteiger partial charge in [-0.05, 0) is 61.2 Å². The van der Waals surface area contributed by atoms with Crippen LogP contribution < -0.4 is 5.32 Å². The highest BCUT2D eigenvalue weighted by molar-refractivity contribution is 7.89. The maximum atomic E-state index is 13.2. The van der Waals surface area contributed by atoms with Gasteiger partial charge in [0.2, 0.25) is 15.0 Å². The van der Waals surface area contributed by atoms with Gasteiger partial charge in [0.15, 0.2) is 0 Å². The fourth-order valence-electron chi connectivity index (χ4n) is 3.49. The lowest BCUT2D eigenvalue weighted by molar-refractivity contribution is 0.102. The van der Waals surface area contributed by atoms with Crippen molar-refractivity contribution < 1.29 is 17.6 Å². The Morgan fingerprint density at radius 1 is 1.16 bits per heavy atom. The van der Waals surface area contributed by atoms with Crippen molar-refractivity contribution in [2.75, 3.05) is 11.9 Å². The first-order valence-electron chi connectivity index (χ1n) is 9.89. The number of nitrogens with zero attached hydrogens (tertiary/aromatic N) is 3. The molecule has 1 aliphatic rings. The minimum atomic E-state index is -3.69. The Bertz CT molecular complexity index is 1180. The van der Waals surface area contributed by atoms with Gasteiger partial charge in [-0.15, -0.1) is 10.2 Å². The zero-order valence-corrected chi connectivity index (χ0v) is 18.4. The largest absolute Gasteiger partial charge is 0.320 e. The molecule has 1 amide bonds. The van der Waals surface area contributed by atoms with Gasteiger partial charge in [-0.3, -0.25) is 4.79 Å². The van der Waals surface area contributed by atoms with Crippen LogP contribution in [0.15, 0.2) is 53.4 Å². The fraction of sp³-hybridized carbons (Fsp3) is 0.286. The predicted octanol–water partition coefficient (Wildman–Crippen LogP) is 4.02. The molecule has 4 rings (SSSR count). The SMILES string of the molecule is CCc1ccc(S(=O)(=O)N2CCC[C@@H]2c2nnc(C(=O)Nc3ccc(F)cc3)s2)cc1. The molecular formula is C21H21FN4O3S2. The standard InChI is InChI=1S/C21H21FN4O3S2/c1-2-14-5-11-17(12-6-14)31(28,29)26-13-3-4-18(26)20-24-25-21(30-20)19(27)23-16-9-7-15(22)8-10-16/h5-12,18H,2-4,13H2,1H3,(H,23,27)/t18-/m1/s1. The van der Waals surface area contributed by atoms with E-state index in [0.717, 1.165) is 23.3 Å². The van der Waals surface area contributed by atoms with Crippen molar-refractivity contribution in [1.29, 1.82) is 0 Å². The number of nitrogens with one attached hydrogen (secondary N) is 1. The minimum Gasteiger partial charge on any atom is -0.320 e. The Morgan fingerprint density at radius 2 is 1.87 bits per heavy atom. The number of rotatable bonds is 6. The van der Waals surface area contributed by atoms with Crippen LogP contribution in [0.3, 0.4) is 0 Å². The lowest BCUT2D eigenvalue weighted by Gasteiger charge is -2.22. The van der Waals surface area contributed by atoms with Crippen LogP contribution >= 0.6 is 11.3 Å². The van der Waals surface area contributed by atoms with E-state index in [1.54, 1.807) is 12.1 Å². The monoisotopic (exact) mass is 460 g/mol. The highest BCUT2D eigenvalue weighted by Gasteiger charge is 2.38. The van der Waals surface area contributed by atoms with Crippen molar-refractivity contribution in [3.63, 3.8) is 0 Å². The zero-order valence-electron chi connectivity index (χ0n) is 16.8. The molecule has 1 N–H and O–H groups in total. The first-order chi connectivity index (χ1) is 14.9. The molecule has 2 aromatic carbocycles. The Balaban J connectivity index is 1.53. The molecule has 1 fully saturated rings. The number of sulfonamides is 1. The van der Waals surface area contributed by atoms with Crippen LogP contribution in [0.1, 0.15) is 46.2 Å². The number of anilines is 1. The second-order valence-corrected chi connectivity index (χ2v) is 10.1. The number of hydrogen-bond donors (Lipinski definition) is 1. The molecule has 10 heteroatoms. The molecule has 3 aromatic rings. The molecule has 2 heterocycles. The fourth-order valence-corrected chi connectivity index (χ4v) is 6.10. The number of halogens is 1. The molecule has 31 heavy (non-hydrogen) atoms. The van der Waals surface area contributed by atoms with E-state index in [1.807, 2.05) is 19.1 Å². The van der Waals surface area contributed by atoms with Crippen molar-refractivity contribution in [3.05, 3.63) is 69.9 Å². The van der Waals surface area contributed by atoms with E-state index in [9.17, 15) is 17.6 Å². The van der Waals surface area contributed by atoms with Crippen LogP contribution in [0.5, 0.6) is 0 Å². The molecule has 1 aliphatic heterocycles. The third-order valence-corrected chi connectivity index (χ3v) is 8.11. The van der Waals surface area contributed by atoms with E-state index in [4.69, 9.17) is 0 Å². The summed E-state index contributed by atoms with van der Waals surface area (Å²) in [5.74, 6) is -0.874. The molecule has 1 atom stereocenters. The highest BCUT2D eigenvalue weighted by Crippen LogP contribution is 2.37. The third kappa shape index (κ3) is 4.51. The second kappa shape index (κ2) is 8.81. The summed E-state index contributed by atoms with van der Waals surface area (Å²) in [4.78, 5) is 12.7. The summed E-state index contributed by atoms with van der Waals surface area (Å²) in [6.07, 6.45) is 2.15. The lowest BCUT2D eigenvalue weighted by atomic mass is 10.2. The van der Waals surface area contributed by atoms with Crippen LogP contribution in [0, 0.1) is 5.82 Å². The Morgan fingerprint density at radius 3 is 2.55 bits per heavy atom. The summed E-state index contributed by atoms with van der Waals surface area (Å²) in [6, 6.07) is 11.8. The topological polar surface area (TPSA) is 92.3 Å². The van der Waals surface area contributed by atoms with Gasteiger partial charge in [0, 0.05) is 12.2 Å². The smallest absolute Gasteiger partial charge is 0.286 e. The van der Waals surface area contributed by atoms with Gasteiger partial charge in [0.1, 0.15) is 10.8 Å². The van der Waals surface area contributed by atoms with Crippen molar-refractivity contribution >= 4 is 33.0 Å². The van der Waals surface area contributed by atoms with Gasteiger partial charge in [-0.25, -0.2) is 12.8 Å². The molecule has 1 aromatic heterocycles. The molecule has 7 nitrogen and oxygen atoms in total. The molecular weight excluding hydrogens is 439 g/mol. The Labute approximate surface area is 184 Å². The molecule has 0 aliphatic carbocycles. The van der Waals surface area contributed by atoms with E-state index in [1.165, 1.54) is 28.6 Å². The molecule has 162 valence electrons. The van der Waals surface area contributed by atoms with E-state index in [0.29, 0.717) is 30.1 Å². The van der Waals surface area contributed by atoms with Gasteiger partial charge < -0.3 is 5.32 Å². The van der Waals surface area contributed by atoms with Gasteiger partial charge in [0.05, 0.1) is 10.9 Å². The first kappa shape index (κ1) is 21.5. The van der Waals surface area contributed by atoms with Gasteiger partial charge in [-0.2, -0.15) is 4.31 Å². The van der Waals surface area contributed by atoms with E-state index >= 15 is 0 Å². The summed E-state index contributed by atoms with van der Waals surface area (Å²) in [6.45, 7) is 2.40. The highest BCUT2D eigenvalue weighted by atomic mass is 32.2. The molecule has 0 unspecified atom stereocenters. The van der Waals surface area contributed by atoms with Crippen molar-refractivity contribution in [2.24, 2.45) is 0 Å². The quantitative estimate of drug-likeness (QED) is 0.600. The summed E-state index contributed by atoms with van der Waals surface area (Å²) in [7, 11) is -3.69.